The quantitative estimate of drug-likeness (QED) is 0.366. The van der Waals surface area contributed by atoms with E-state index in [0.29, 0.717) is 12.4 Å². The lowest BCUT2D eigenvalue weighted by Gasteiger charge is -1.95. The van der Waals surface area contributed by atoms with Crippen molar-refractivity contribution in [2.75, 3.05) is 12.4 Å². The maximum absolute atomic E-state index is 10.5. The minimum atomic E-state index is -0.299. The Morgan fingerprint density at radius 2 is 2.44 bits per heavy atom. The topological polar surface area (TPSA) is 26.3 Å². The van der Waals surface area contributed by atoms with Gasteiger partial charge >= 0.3 is 5.97 Å². The van der Waals surface area contributed by atoms with Crippen molar-refractivity contribution in [1.82, 2.24) is 0 Å². The van der Waals surface area contributed by atoms with Crippen LogP contribution in [0.4, 0.5) is 0 Å². The second kappa shape index (κ2) is 5.69. The van der Waals surface area contributed by atoms with Gasteiger partial charge in [0.25, 0.3) is 0 Å². The molecular weight excluding hydrogens is 136 g/mol. The highest BCUT2D eigenvalue weighted by molar-refractivity contribution is 7.80. The minimum Gasteiger partial charge on any atom is -0.462 e. The molecule has 0 aromatic carbocycles. The first-order valence-electron chi connectivity index (χ1n) is 2.71. The number of hydrogen-bond acceptors (Lipinski definition) is 3. The van der Waals surface area contributed by atoms with Crippen molar-refractivity contribution in [3.8, 4) is 0 Å². The molecule has 0 heterocycles. The van der Waals surface area contributed by atoms with Gasteiger partial charge in [0, 0.05) is 11.8 Å². The number of allylic oxidation sites excluding steroid dienone is 1. The van der Waals surface area contributed by atoms with Crippen LogP contribution >= 0.6 is 12.6 Å². The maximum Gasteiger partial charge on any atom is 0.330 e. The van der Waals surface area contributed by atoms with E-state index >= 15 is 0 Å². The molecule has 0 atom stereocenters. The number of rotatable bonds is 3. The van der Waals surface area contributed by atoms with Gasteiger partial charge in [-0.05, 0) is 6.92 Å². The van der Waals surface area contributed by atoms with E-state index in [-0.39, 0.29) is 5.97 Å². The van der Waals surface area contributed by atoms with Crippen LogP contribution in [-0.4, -0.2) is 18.3 Å². The monoisotopic (exact) mass is 146 g/mol. The zero-order chi connectivity index (χ0) is 7.11. The average molecular weight is 146 g/mol. The fourth-order valence-corrected chi connectivity index (χ4v) is 0.422. The first kappa shape index (κ1) is 8.56. The average Bonchev–Trinajstić information content (AvgIpc) is 1.85. The van der Waals surface area contributed by atoms with Gasteiger partial charge in [-0.15, -0.1) is 0 Å². The summed E-state index contributed by atoms with van der Waals surface area (Å²) in [6.07, 6.45) is 3.02. The zero-order valence-electron chi connectivity index (χ0n) is 5.33. The summed E-state index contributed by atoms with van der Waals surface area (Å²) < 4.78 is 4.63. The molecule has 52 valence electrons. The van der Waals surface area contributed by atoms with Gasteiger partial charge < -0.3 is 4.74 Å². The van der Waals surface area contributed by atoms with Crippen LogP contribution in [0.2, 0.25) is 0 Å². The van der Waals surface area contributed by atoms with E-state index in [0.717, 1.165) is 0 Å². The van der Waals surface area contributed by atoms with Gasteiger partial charge in [0.15, 0.2) is 0 Å². The number of ether oxygens (including phenoxy) is 1. The van der Waals surface area contributed by atoms with Gasteiger partial charge in [-0.2, -0.15) is 12.6 Å². The van der Waals surface area contributed by atoms with E-state index in [1.807, 2.05) is 0 Å². The van der Waals surface area contributed by atoms with Gasteiger partial charge in [-0.25, -0.2) is 4.79 Å². The predicted molar refractivity (Wildman–Crippen MR) is 39.6 cm³/mol. The lowest BCUT2D eigenvalue weighted by atomic mass is 10.5. The molecule has 0 aliphatic rings. The van der Waals surface area contributed by atoms with Crippen LogP contribution in [0.3, 0.4) is 0 Å². The molecule has 0 aliphatic carbocycles. The molecule has 0 unspecified atom stereocenters. The molecule has 0 N–H and O–H groups in total. The number of carbonyl (C=O) groups is 1. The molecule has 0 aliphatic heterocycles. The van der Waals surface area contributed by atoms with Gasteiger partial charge in [-0.1, -0.05) is 6.08 Å². The zero-order valence-corrected chi connectivity index (χ0v) is 6.23. The Labute approximate surface area is 60.3 Å². The van der Waals surface area contributed by atoms with Crippen molar-refractivity contribution in [2.24, 2.45) is 0 Å². The fourth-order valence-electron chi connectivity index (χ4n) is 0.330. The van der Waals surface area contributed by atoms with Crippen LogP contribution in [0.15, 0.2) is 12.2 Å². The van der Waals surface area contributed by atoms with Crippen molar-refractivity contribution >= 4 is 18.6 Å². The summed E-state index contributed by atoms with van der Waals surface area (Å²) in [6, 6.07) is 0. The number of thiol groups is 1. The Morgan fingerprint density at radius 3 is 2.89 bits per heavy atom. The number of esters is 1. The summed E-state index contributed by atoms with van der Waals surface area (Å²) in [5, 5.41) is 0. The third-order valence-corrected chi connectivity index (χ3v) is 0.821. The minimum absolute atomic E-state index is 0.299. The Bertz CT molecular complexity index is 110. The van der Waals surface area contributed by atoms with Crippen LogP contribution in [0.5, 0.6) is 0 Å². The fraction of sp³-hybridized carbons (Fsp3) is 0.500. The van der Waals surface area contributed by atoms with E-state index in [4.69, 9.17) is 0 Å². The Balaban J connectivity index is 3.27. The first-order valence-corrected chi connectivity index (χ1v) is 3.34. The molecule has 0 amide bonds. The van der Waals surface area contributed by atoms with E-state index < -0.39 is 0 Å². The highest BCUT2D eigenvalue weighted by atomic mass is 32.1. The molecule has 3 heteroatoms. The second-order valence-corrected chi connectivity index (χ2v) is 1.84. The van der Waals surface area contributed by atoms with E-state index in [9.17, 15) is 4.79 Å². The standard InChI is InChI=1S/C6H10O2S/c1-2-3-6(7)8-4-5-9/h2-3,9H,4-5H2,1H3. The molecule has 0 rings (SSSR count). The van der Waals surface area contributed by atoms with Gasteiger partial charge in [0.05, 0.1) is 0 Å². The van der Waals surface area contributed by atoms with E-state index in [1.54, 1.807) is 13.0 Å². The molecule has 0 fully saturated rings. The number of hydrogen-bond donors (Lipinski definition) is 1. The molecule has 0 bridgehead atoms. The number of carbonyl (C=O) groups excluding carboxylic acids is 1. The lowest BCUT2D eigenvalue weighted by molar-refractivity contribution is -0.137. The third-order valence-electron chi connectivity index (χ3n) is 0.638. The van der Waals surface area contributed by atoms with Crippen molar-refractivity contribution in [3.05, 3.63) is 12.2 Å². The van der Waals surface area contributed by atoms with Crippen molar-refractivity contribution < 1.29 is 9.53 Å². The molecule has 0 saturated carbocycles. The molecule has 0 saturated heterocycles. The lowest BCUT2D eigenvalue weighted by Crippen LogP contribution is -2.02. The highest BCUT2D eigenvalue weighted by Gasteiger charge is 1.91. The molecule has 0 radical (unpaired) electrons. The van der Waals surface area contributed by atoms with Gasteiger partial charge in [0.1, 0.15) is 6.61 Å². The summed E-state index contributed by atoms with van der Waals surface area (Å²) in [6.45, 7) is 2.15. The second-order valence-electron chi connectivity index (χ2n) is 1.39. The third kappa shape index (κ3) is 5.43. The summed E-state index contributed by atoms with van der Waals surface area (Å²) in [5.74, 6) is 0.273. The summed E-state index contributed by atoms with van der Waals surface area (Å²) in [7, 11) is 0. The Kier molecular flexibility index (Phi) is 5.41. The van der Waals surface area contributed by atoms with Gasteiger partial charge in [0.2, 0.25) is 0 Å². The van der Waals surface area contributed by atoms with Gasteiger partial charge in [-0.3, -0.25) is 0 Å². The summed E-state index contributed by atoms with van der Waals surface area (Å²) in [4.78, 5) is 10.5. The smallest absolute Gasteiger partial charge is 0.330 e. The van der Waals surface area contributed by atoms with E-state index in [1.165, 1.54) is 6.08 Å². The van der Waals surface area contributed by atoms with Crippen LogP contribution in [-0.2, 0) is 9.53 Å². The largest absolute Gasteiger partial charge is 0.462 e. The molecule has 0 aromatic heterocycles. The summed E-state index contributed by atoms with van der Waals surface area (Å²) >= 11 is 3.86. The SMILES string of the molecule is CC=CC(=O)OCCS. The summed E-state index contributed by atoms with van der Waals surface area (Å²) in [5.41, 5.74) is 0. The maximum atomic E-state index is 10.5. The molecular formula is C6H10O2S. The van der Waals surface area contributed by atoms with Crippen molar-refractivity contribution in [1.29, 1.82) is 0 Å². The highest BCUT2D eigenvalue weighted by Crippen LogP contribution is 1.82. The van der Waals surface area contributed by atoms with Crippen molar-refractivity contribution in [3.63, 3.8) is 0 Å². The van der Waals surface area contributed by atoms with Crippen LogP contribution < -0.4 is 0 Å². The van der Waals surface area contributed by atoms with Crippen LogP contribution in [0.25, 0.3) is 0 Å². The normalized spacial score (nSPS) is 10.0. The Hall–Kier alpha value is -0.440. The van der Waals surface area contributed by atoms with Crippen molar-refractivity contribution in [2.45, 2.75) is 6.92 Å². The van der Waals surface area contributed by atoms with Crippen LogP contribution in [0, 0.1) is 0 Å². The molecule has 2 nitrogen and oxygen atoms in total. The first-order chi connectivity index (χ1) is 4.31. The van der Waals surface area contributed by atoms with Crippen LogP contribution in [0.1, 0.15) is 6.92 Å². The molecule has 0 spiro atoms. The van der Waals surface area contributed by atoms with E-state index in [2.05, 4.69) is 17.4 Å². The Morgan fingerprint density at radius 1 is 1.78 bits per heavy atom. The molecule has 9 heavy (non-hydrogen) atoms. The predicted octanol–water partition coefficient (Wildman–Crippen LogP) is 1.04. The molecule has 0 aromatic rings.